The summed E-state index contributed by atoms with van der Waals surface area (Å²) in [6, 6.07) is 12.6. The van der Waals surface area contributed by atoms with Gasteiger partial charge in [-0.15, -0.1) is 0 Å². The first-order valence-corrected chi connectivity index (χ1v) is 7.59. The molecule has 1 amide bonds. The Morgan fingerprint density at radius 3 is 2.65 bits per heavy atom. The molecule has 1 aliphatic heterocycles. The molecule has 1 aliphatic rings. The second kappa shape index (κ2) is 5.54. The molecule has 1 N–H and O–H groups in total. The lowest BCUT2D eigenvalue weighted by Gasteiger charge is -2.31. The zero-order chi connectivity index (χ0) is 16.6. The topological polar surface area (TPSA) is 55.4 Å². The van der Waals surface area contributed by atoms with Crippen molar-refractivity contribution >= 4 is 17.4 Å². The summed E-state index contributed by atoms with van der Waals surface area (Å²) in [5.41, 5.74) is 2.15. The quantitative estimate of drug-likeness (QED) is 0.912. The molecule has 2 aromatic carbocycles. The number of amides is 1. The van der Waals surface area contributed by atoms with Crippen LogP contribution in [0.5, 0.6) is 5.75 Å². The Morgan fingerprint density at radius 2 is 1.91 bits per heavy atom. The van der Waals surface area contributed by atoms with Gasteiger partial charge in [0.15, 0.2) is 5.78 Å². The van der Waals surface area contributed by atoms with Crippen LogP contribution < -0.4 is 10.1 Å². The van der Waals surface area contributed by atoms with Crippen LogP contribution in [0.2, 0.25) is 0 Å². The highest BCUT2D eigenvalue weighted by atomic mass is 16.5. The van der Waals surface area contributed by atoms with Crippen LogP contribution in [0.1, 0.15) is 46.5 Å². The van der Waals surface area contributed by atoms with Gasteiger partial charge < -0.3 is 10.1 Å². The molecule has 0 spiro atoms. The van der Waals surface area contributed by atoms with E-state index in [4.69, 9.17) is 4.74 Å². The number of Topliss-reactive ketones (excluding diaryl/α,β-unsaturated/α-hetero) is 1. The molecule has 0 atom stereocenters. The first-order chi connectivity index (χ1) is 10.9. The number of fused-ring (bicyclic) bond motifs is 1. The van der Waals surface area contributed by atoms with Crippen molar-refractivity contribution in [3.05, 3.63) is 59.2 Å². The summed E-state index contributed by atoms with van der Waals surface area (Å²) in [7, 11) is 0. The summed E-state index contributed by atoms with van der Waals surface area (Å²) in [5, 5.41) is 2.84. The van der Waals surface area contributed by atoms with E-state index in [9.17, 15) is 9.59 Å². The summed E-state index contributed by atoms with van der Waals surface area (Å²) in [6.07, 6.45) is 0.329. The zero-order valence-electron chi connectivity index (χ0n) is 13.5. The molecule has 0 aromatic heterocycles. The summed E-state index contributed by atoms with van der Waals surface area (Å²) >= 11 is 0. The Hall–Kier alpha value is -2.62. The number of aryl methyl sites for hydroxylation is 1. The van der Waals surface area contributed by atoms with Gasteiger partial charge in [0.05, 0.1) is 12.0 Å². The van der Waals surface area contributed by atoms with E-state index in [-0.39, 0.29) is 11.7 Å². The molecule has 0 fully saturated rings. The fourth-order valence-corrected chi connectivity index (χ4v) is 2.76. The van der Waals surface area contributed by atoms with E-state index in [1.165, 1.54) is 0 Å². The van der Waals surface area contributed by atoms with Crippen LogP contribution in [0.15, 0.2) is 42.5 Å². The summed E-state index contributed by atoms with van der Waals surface area (Å²) < 4.78 is 5.82. The summed E-state index contributed by atoms with van der Waals surface area (Å²) in [6.45, 7) is 5.67. The standard InChI is InChI=1S/C19H19NO3/c1-12-6-4-5-7-14(12)18(22)20-13-8-9-17-15(10-13)16(21)11-19(2,3)23-17/h4-10H,11H2,1-3H3,(H,20,22). The van der Waals surface area contributed by atoms with Crippen molar-refractivity contribution < 1.29 is 14.3 Å². The lowest BCUT2D eigenvalue weighted by Crippen LogP contribution is -2.35. The van der Waals surface area contributed by atoms with Crippen molar-refractivity contribution in [2.45, 2.75) is 32.8 Å². The van der Waals surface area contributed by atoms with E-state index in [2.05, 4.69) is 5.32 Å². The summed E-state index contributed by atoms with van der Waals surface area (Å²) in [5.74, 6) is 0.413. The Balaban J connectivity index is 1.86. The van der Waals surface area contributed by atoms with Crippen molar-refractivity contribution in [1.29, 1.82) is 0 Å². The number of ether oxygens (including phenoxy) is 1. The number of carbonyl (C=O) groups is 2. The van der Waals surface area contributed by atoms with Gasteiger partial charge in [-0.1, -0.05) is 18.2 Å². The van der Waals surface area contributed by atoms with Crippen molar-refractivity contribution in [1.82, 2.24) is 0 Å². The highest BCUT2D eigenvalue weighted by Gasteiger charge is 2.32. The van der Waals surface area contributed by atoms with Gasteiger partial charge in [0.2, 0.25) is 0 Å². The number of hydrogen-bond acceptors (Lipinski definition) is 3. The van der Waals surface area contributed by atoms with Crippen LogP contribution in [0.3, 0.4) is 0 Å². The molecule has 1 heterocycles. The normalized spacial score (nSPS) is 15.5. The molecule has 2 aromatic rings. The number of nitrogens with one attached hydrogen (secondary N) is 1. The van der Waals surface area contributed by atoms with Crippen LogP contribution in [-0.4, -0.2) is 17.3 Å². The first kappa shape index (κ1) is 15.3. The molecule has 118 valence electrons. The molecule has 0 aliphatic carbocycles. The molecule has 0 saturated heterocycles. The molecule has 3 rings (SSSR count). The zero-order valence-corrected chi connectivity index (χ0v) is 13.5. The van der Waals surface area contributed by atoms with Gasteiger partial charge in [-0.05, 0) is 50.6 Å². The van der Waals surface area contributed by atoms with Crippen molar-refractivity contribution in [3.63, 3.8) is 0 Å². The van der Waals surface area contributed by atoms with Crippen molar-refractivity contribution in [2.75, 3.05) is 5.32 Å². The molecule has 0 unspecified atom stereocenters. The molecular weight excluding hydrogens is 290 g/mol. The van der Waals surface area contributed by atoms with Gasteiger partial charge in [0, 0.05) is 11.3 Å². The molecule has 0 bridgehead atoms. The third-order valence-electron chi connectivity index (χ3n) is 3.90. The van der Waals surface area contributed by atoms with Gasteiger partial charge in [-0.25, -0.2) is 0 Å². The number of ketones is 1. The lowest BCUT2D eigenvalue weighted by atomic mass is 9.93. The highest BCUT2D eigenvalue weighted by Crippen LogP contribution is 2.34. The van der Waals surface area contributed by atoms with Crippen LogP contribution >= 0.6 is 0 Å². The maximum Gasteiger partial charge on any atom is 0.255 e. The Labute approximate surface area is 135 Å². The van der Waals surface area contributed by atoms with E-state index in [1.807, 2.05) is 39.0 Å². The number of benzene rings is 2. The monoisotopic (exact) mass is 309 g/mol. The lowest BCUT2D eigenvalue weighted by molar-refractivity contribution is 0.0620. The maximum atomic E-state index is 12.4. The fourth-order valence-electron chi connectivity index (χ4n) is 2.76. The molecule has 4 nitrogen and oxygen atoms in total. The average molecular weight is 309 g/mol. The van der Waals surface area contributed by atoms with Crippen LogP contribution in [0, 0.1) is 6.92 Å². The van der Waals surface area contributed by atoms with Gasteiger partial charge >= 0.3 is 0 Å². The Morgan fingerprint density at radius 1 is 1.17 bits per heavy atom. The molecule has 23 heavy (non-hydrogen) atoms. The minimum Gasteiger partial charge on any atom is -0.487 e. The van der Waals surface area contributed by atoms with E-state index in [0.29, 0.717) is 29.0 Å². The number of carbonyl (C=O) groups excluding carboxylic acids is 2. The van der Waals surface area contributed by atoms with Crippen molar-refractivity contribution in [2.24, 2.45) is 0 Å². The SMILES string of the molecule is Cc1ccccc1C(=O)Nc1ccc2c(c1)C(=O)CC(C)(C)O2. The van der Waals surface area contributed by atoms with Gasteiger partial charge in [-0.2, -0.15) is 0 Å². The fraction of sp³-hybridized carbons (Fsp3) is 0.263. The second-order valence-electron chi connectivity index (χ2n) is 6.44. The molecule has 4 heteroatoms. The molecule has 0 radical (unpaired) electrons. The van der Waals surface area contributed by atoms with E-state index in [0.717, 1.165) is 5.56 Å². The predicted octanol–water partition coefficient (Wildman–Crippen LogP) is 3.99. The molecule has 0 saturated carbocycles. The van der Waals surface area contributed by atoms with Crippen LogP contribution in [0.25, 0.3) is 0 Å². The minimum absolute atomic E-state index is 0.0308. The van der Waals surface area contributed by atoms with E-state index < -0.39 is 5.60 Å². The second-order valence-corrected chi connectivity index (χ2v) is 6.44. The minimum atomic E-state index is -0.490. The maximum absolute atomic E-state index is 12.4. The van der Waals surface area contributed by atoms with E-state index in [1.54, 1.807) is 24.3 Å². The largest absolute Gasteiger partial charge is 0.487 e. The number of anilines is 1. The Bertz CT molecular complexity index is 793. The smallest absolute Gasteiger partial charge is 0.255 e. The van der Waals surface area contributed by atoms with Crippen LogP contribution in [0.4, 0.5) is 5.69 Å². The highest BCUT2D eigenvalue weighted by molar-refractivity contribution is 6.07. The van der Waals surface area contributed by atoms with Crippen molar-refractivity contribution in [3.8, 4) is 5.75 Å². The molecular formula is C19H19NO3. The van der Waals surface area contributed by atoms with Crippen LogP contribution in [-0.2, 0) is 0 Å². The number of rotatable bonds is 2. The average Bonchev–Trinajstić information content (AvgIpc) is 2.47. The third-order valence-corrected chi connectivity index (χ3v) is 3.90. The van der Waals surface area contributed by atoms with Gasteiger partial charge in [0.1, 0.15) is 11.4 Å². The number of hydrogen-bond donors (Lipinski definition) is 1. The van der Waals surface area contributed by atoms with Gasteiger partial charge in [-0.3, -0.25) is 9.59 Å². The summed E-state index contributed by atoms with van der Waals surface area (Å²) in [4.78, 5) is 24.6. The predicted molar refractivity (Wildman–Crippen MR) is 89.2 cm³/mol. The third kappa shape index (κ3) is 3.11. The Kier molecular flexibility index (Phi) is 3.68. The first-order valence-electron chi connectivity index (χ1n) is 7.59. The van der Waals surface area contributed by atoms with Gasteiger partial charge in [0.25, 0.3) is 5.91 Å². The van der Waals surface area contributed by atoms with E-state index >= 15 is 0 Å².